The zero-order valence-corrected chi connectivity index (χ0v) is 14.3. The molecule has 1 saturated heterocycles. The van der Waals surface area contributed by atoms with E-state index in [0.717, 1.165) is 19.3 Å². The predicted molar refractivity (Wildman–Crippen MR) is 83.4 cm³/mol. The average Bonchev–Trinajstić information content (AvgIpc) is 2.52. The van der Waals surface area contributed by atoms with Crippen molar-refractivity contribution in [2.45, 2.75) is 69.4 Å². The Bertz CT molecular complexity index is 479. The van der Waals surface area contributed by atoms with Crippen molar-refractivity contribution in [3.63, 3.8) is 0 Å². The van der Waals surface area contributed by atoms with Gasteiger partial charge in [0.25, 0.3) is 0 Å². The second kappa shape index (κ2) is 9.78. The third kappa shape index (κ3) is 6.37. The van der Waals surface area contributed by atoms with Crippen LogP contribution in [0.3, 0.4) is 0 Å². The van der Waals surface area contributed by atoms with Crippen molar-refractivity contribution in [1.82, 2.24) is 0 Å². The molecule has 24 heavy (non-hydrogen) atoms. The summed E-state index contributed by atoms with van der Waals surface area (Å²) < 4.78 is 45.5. The van der Waals surface area contributed by atoms with Crippen molar-refractivity contribution in [3.8, 4) is 0 Å². The normalized spacial score (nSPS) is 32.5. The first-order chi connectivity index (χ1) is 11.2. The van der Waals surface area contributed by atoms with Crippen LogP contribution in [0.25, 0.3) is 0 Å². The molecule has 0 saturated carbocycles. The molecule has 1 fully saturated rings. The van der Waals surface area contributed by atoms with Gasteiger partial charge in [-0.05, 0) is 6.42 Å². The molecule has 1 aliphatic heterocycles. The summed E-state index contributed by atoms with van der Waals surface area (Å²) in [6.45, 7) is 4.98. The van der Waals surface area contributed by atoms with Gasteiger partial charge in [-0.15, -0.1) is 6.58 Å². The highest BCUT2D eigenvalue weighted by Gasteiger charge is 2.47. The van der Waals surface area contributed by atoms with E-state index in [0.29, 0.717) is 6.42 Å². The molecule has 0 aliphatic carbocycles. The Labute approximate surface area is 141 Å². The molecular weight excluding hydrogens is 344 g/mol. The molecule has 0 spiro atoms. The Morgan fingerprint density at radius 2 is 1.96 bits per heavy atom. The summed E-state index contributed by atoms with van der Waals surface area (Å²) in [5, 5.41) is 29.4. The van der Waals surface area contributed by atoms with Gasteiger partial charge >= 0.3 is 10.4 Å². The minimum Gasteiger partial charge on any atom is -0.394 e. The van der Waals surface area contributed by atoms with E-state index < -0.39 is 53.8 Å². The maximum absolute atomic E-state index is 10.8. The molecule has 9 nitrogen and oxygen atoms in total. The molecule has 1 aliphatic rings. The van der Waals surface area contributed by atoms with Crippen LogP contribution in [0.5, 0.6) is 0 Å². The quantitative estimate of drug-likeness (QED) is 0.233. The Hall–Kier alpha value is -0.590. The van der Waals surface area contributed by atoms with Gasteiger partial charge in [0.05, 0.1) is 12.7 Å². The summed E-state index contributed by atoms with van der Waals surface area (Å²) in [7, 11) is -4.90. The van der Waals surface area contributed by atoms with Crippen LogP contribution < -0.4 is 0 Å². The van der Waals surface area contributed by atoms with Crippen LogP contribution in [0.4, 0.5) is 0 Å². The lowest BCUT2D eigenvalue weighted by molar-refractivity contribution is -0.304. The number of rotatable bonds is 10. The Balaban J connectivity index is 2.76. The van der Waals surface area contributed by atoms with Gasteiger partial charge in [0.1, 0.15) is 24.4 Å². The Morgan fingerprint density at radius 3 is 2.46 bits per heavy atom. The first-order valence-corrected chi connectivity index (χ1v) is 9.16. The molecule has 6 atom stereocenters. The maximum atomic E-state index is 10.8. The summed E-state index contributed by atoms with van der Waals surface area (Å²) in [4.78, 5) is 0. The van der Waals surface area contributed by atoms with Crippen LogP contribution in [0.1, 0.15) is 32.6 Å². The van der Waals surface area contributed by atoms with Crippen LogP contribution in [0, 0.1) is 0 Å². The standard InChI is InChI=1S/C14H26O9S/c1-3-5-6-7-9(4-2)21-14-12(17)11(16)13(10(8-15)22-14)23-24(18,19)20/h4,9-17H,2-3,5-8H2,1H3,(H,18,19,20)/t9-,10+,11+,12+,13+,14+/m0/s1. The molecule has 10 heteroatoms. The monoisotopic (exact) mass is 370 g/mol. The molecule has 1 rings (SSSR count). The number of hydrogen-bond donors (Lipinski definition) is 4. The van der Waals surface area contributed by atoms with Crippen molar-refractivity contribution in [1.29, 1.82) is 0 Å². The van der Waals surface area contributed by atoms with E-state index in [2.05, 4.69) is 17.7 Å². The third-order valence-electron chi connectivity index (χ3n) is 3.72. The highest BCUT2D eigenvalue weighted by Crippen LogP contribution is 2.27. The minimum absolute atomic E-state index is 0.443. The third-order valence-corrected chi connectivity index (χ3v) is 4.18. The smallest absolute Gasteiger partial charge is 0.394 e. The Morgan fingerprint density at radius 1 is 1.29 bits per heavy atom. The molecule has 0 radical (unpaired) electrons. The zero-order valence-electron chi connectivity index (χ0n) is 13.5. The molecule has 0 unspecified atom stereocenters. The fourth-order valence-electron chi connectivity index (χ4n) is 2.43. The van der Waals surface area contributed by atoms with Gasteiger partial charge in [-0.1, -0.05) is 32.3 Å². The highest BCUT2D eigenvalue weighted by atomic mass is 32.3. The van der Waals surface area contributed by atoms with Crippen LogP contribution in [0.2, 0.25) is 0 Å². The summed E-state index contributed by atoms with van der Waals surface area (Å²) >= 11 is 0. The van der Waals surface area contributed by atoms with Gasteiger partial charge < -0.3 is 24.8 Å². The van der Waals surface area contributed by atoms with Crippen LogP contribution in [0.15, 0.2) is 12.7 Å². The van der Waals surface area contributed by atoms with Gasteiger partial charge in [-0.3, -0.25) is 4.55 Å². The van der Waals surface area contributed by atoms with E-state index in [1.165, 1.54) is 6.08 Å². The van der Waals surface area contributed by atoms with Gasteiger partial charge in [0, 0.05) is 0 Å². The molecule has 4 N–H and O–H groups in total. The molecule has 0 amide bonds. The van der Waals surface area contributed by atoms with Crippen LogP contribution >= 0.6 is 0 Å². The van der Waals surface area contributed by atoms with Gasteiger partial charge in [-0.25, -0.2) is 4.18 Å². The number of hydrogen-bond acceptors (Lipinski definition) is 8. The summed E-state index contributed by atoms with van der Waals surface area (Å²) in [6, 6.07) is 0. The number of ether oxygens (including phenoxy) is 2. The van der Waals surface area contributed by atoms with E-state index in [4.69, 9.17) is 14.0 Å². The number of aliphatic hydroxyl groups excluding tert-OH is 3. The summed E-state index contributed by atoms with van der Waals surface area (Å²) in [5.74, 6) is 0. The SMILES string of the molecule is C=C[C@@H](CCCCC)O[C@@H]1O[C@H](CO)[C@@H](OS(=O)(=O)O)[C@H](O)[C@H]1O. The first-order valence-electron chi connectivity index (χ1n) is 7.79. The molecule has 0 aromatic rings. The van der Waals surface area contributed by atoms with Crippen molar-refractivity contribution in [2.24, 2.45) is 0 Å². The second-order valence-electron chi connectivity index (χ2n) is 5.60. The van der Waals surface area contributed by atoms with Crippen LogP contribution in [-0.2, 0) is 24.1 Å². The van der Waals surface area contributed by atoms with Crippen molar-refractivity contribution in [3.05, 3.63) is 12.7 Å². The van der Waals surface area contributed by atoms with Crippen molar-refractivity contribution >= 4 is 10.4 Å². The zero-order chi connectivity index (χ0) is 18.3. The fraction of sp³-hybridized carbons (Fsp3) is 0.857. The maximum Gasteiger partial charge on any atom is 0.397 e. The van der Waals surface area contributed by atoms with E-state index in [9.17, 15) is 23.7 Å². The molecule has 0 bridgehead atoms. The van der Waals surface area contributed by atoms with Gasteiger partial charge in [-0.2, -0.15) is 8.42 Å². The lowest BCUT2D eigenvalue weighted by atomic mass is 9.99. The molecule has 1 heterocycles. The van der Waals surface area contributed by atoms with Crippen LogP contribution in [-0.4, -0.2) is 71.7 Å². The highest BCUT2D eigenvalue weighted by molar-refractivity contribution is 7.80. The van der Waals surface area contributed by atoms with E-state index >= 15 is 0 Å². The lowest BCUT2D eigenvalue weighted by Gasteiger charge is -2.41. The molecule has 0 aromatic carbocycles. The van der Waals surface area contributed by atoms with E-state index in [1.54, 1.807) is 0 Å². The first kappa shape index (κ1) is 21.5. The minimum atomic E-state index is -4.90. The average molecular weight is 370 g/mol. The number of aliphatic hydroxyl groups is 3. The van der Waals surface area contributed by atoms with Crippen molar-refractivity contribution in [2.75, 3.05) is 6.61 Å². The molecule has 0 aromatic heterocycles. The second-order valence-corrected chi connectivity index (χ2v) is 6.65. The van der Waals surface area contributed by atoms with Crippen molar-refractivity contribution < 1.29 is 41.9 Å². The summed E-state index contributed by atoms with van der Waals surface area (Å²) in [6.07, 6.45) is -3.04. The fourth-order valence-corrected chi connectivity index (χ4v) is 2.95. The van der Waals surface area contributed by atoms with Gasteiger partial charge in [0.15, 0.2) is 6.29 Å². The Kier molecular flexibility index (Phi) is 8.74. The largest absolute Gasteiger partial charge is 0.397 e. The lowest BCUT2D eigenvalue weighted by Crippen LogP contribution is -2.60. The molecule has 142 valence electrons. The molecular formula is C14H26O9S. The predicted octanol–water partition coefficient (Wildman–Crippen LogP) is -0.235. The summed E-state index contributed by atoms with van der Waals surface area (Å²) in [5.41, 5.74) is 0. The topological polar surface area (TPSA) is 143 Å². The van der Waals surface area contributed by atoms with Gasteiger partial charge in [0.2, 0.25) is 0 Å². The number of unbranched alkanes of at least 4 members (excludes halogenated alkanes) is 2. The van der Waals surface area contributed by atoms with E-state index in [1.807, 2.05) is 0 Å². The van der Waals surface area contributed by atoms with E-state index in [-0.39, 0.29) is 0 Å².